The summed E-state index contributed by atoms with van der Waals surface area (Å²) in [4.78, 5) is 6.99. The van der Waals surface area contributed by atoms with Crippen LogP contribution < -0.4 is 4.31 Å². The van der Waals surface area contributed by atoms with Gasteiger partial charge < -0.3 is 4.90 Å². The van der Waals surface area contributed by atoms with Crippen molar-refractivity contribution in [1.82, 2.24) is 14.2 Å². The molecule has 2 aliphatic heterocycles. The van der Waals surface area contributed by atoms with Crippen LogP contribution in [0, 0.1) is 0 Å². The standard InChI is InChI=1S/C25H30F2N6S.C2H6/c1-17(2)33-18(3)14-31(15-19(33)4)34-32(22-8-6-5-7-9-22)16-21-11-10-20(13-28-21)23-12-24(25(26)27)30-29-23;1-2/h5-11,13,18-19,25H,1,12,14-16H2,2-4H3;1-2H3. The lowest BCUT2D eigenvalue weighted by molar-refractivity contribution is 0.119. The number of para-hydroxylation sites is 1. The van der Waals surface area contributed by atoms with Crippen LogP contribution in [0.1, 0.15) is 52.3 Å². The summed E-state index contributed by atoms with van der Waals surface area (Å²) in [5, 5.41) is 7.51. The maximum absolute atomic E-state index is 12.9. The molecule has 2 unspecified atom stereocenters. The number of anilines is 1. The zero-order valence-corrected chi connectivity index (χ0v) is 22.6. The fraction of sp³-hybridized carbons (Fsp3) is 0.444. The molecule has 1 aromatic heterocycles. The molecule has 1 fully saturated rings. The molecule has 2 aromatic rings. The highest BCUT2D eigenvalue weighted by molar-refractivity contribution is 7.98. The smallest absolute Gasteiger partial charge is 0.278 e. The van der Waals surface area contributed by atoms with Crippen molar-refractivity contribution in [2.45, 2.75) is 66.1 Å². The van der Waals surface area contributed by atoms with Crippen LogP contribution in [-0.4, -0.2) is 57.2 Å². The third-order valence-corrected chi connectivity index (χ3v) is 7.01. The van der Waals surface area contributed by atoms with E-state index in [9.17, 15) is 8.78 Å². The first-order valence-electron chi connectivity index (χ1n) is 12.4. The van der Waals surface area contributed by atoms with E-state index in [1.54, 1.807) is 18.3 Å². The zero-order valence-electron chi connectivity index (χ0n) is 21.7. The molecule has 194 valence electrons. The number of rotatable bonds is 8. The highest BCUT2D eigenvalue weighted by Crippen LogP contribution is 2.31. The quantitative estimate of drug-likeness (QED) is 0.381. The average Bonchev–Trinajstić information content (AvgIpc) is 3.36. The molecule has 2 aliphatic rings. The van der Waals surface area contributed by atoms with E-state index in [0.29, 0.717) is 24.3 Å². The molecular formula is C27H36F2N6S. The van der Waals surface area contributed by atoms with Gasteiger partial charge in [0.25, 0.3) is 6.43 Å². The van der Waals surface area contributed by atoms with E-state index in [4.69, 9.17) is 0 Å². The van der Waals surface area contributed by atoms with Gasteiger partial charge in [0.15, 0.2) is 0 Å². The van der Waals surface area contributed by atoms with Crippen LogP contribution in [0.15, 0.2) is 71.1 Å². The Kier molecular flexibility index (Phi) is 10.0. The number of pyridine rings is 1. The van der Waals surface area contributed by atoms with Crippen LogP contribution in [0.5, 0.6) is 0 Å². The van der Waals surface area contributed by atoms with Crippen molar-refractivity contribution in [2.24, 2.45) is 10.2 Å². The molecule has 3 heterocycles. The van der Waals surface area contributed by atoms with E-state index in [2.05, 4.69) is 68.2 Å². The predicted octanol–water partition coefficient (Wildman–Crippen LogP) is 6.42. The van der Waals surface area contributed by atoms with Crippen molar-refractivity contribution in [3.05, 3.63) is 72.2 Å². The van der Waals surface area contributed by atoms with Crippen molar-refractivity contribution < 1.29 is 8.78 Å². The largest absolute Gasteiger partial charge is 0.368 e. The lowest BCUT2D eigenvalue weighted by atomic mass is 10.1. The summed E-state index contributed by atoms with van der Waals surface area (Å²) in [6.45, 7) is 17.1. The molecule has 0 N–H and O–H groups in total. The number of nitrogens with zero attached hydrogens (tertiary/aromatic N) is 6. The Morgan fingerprint density at radius 2 is 1.75 bits per heavy atom. The van der Waals surface area contributed by atoms with Crippen LogP contribution in [0.3, 0.4) is 0 Å². The second-order valence-electron chi connectivity index (χ2n) is 8.80. The normalized spacial score (nSPS) is 19.9. The molecule has 6 nitrogen and oxygen atoms in total. The monoisotopic (exact) mass is 514 g/mol. The van der Waals surface area contributed by atoms with Crippen molar-refractivity contribution >= 4 is 29.2 Å². The third-order valence-electron chi connectivity index (χ3n) is 5.95. The van der Waals surface area contributed by atoms with Gasteiger partial charge in [0, 0.05) is 66.9 Å². The van der Waals surface area contributed by atoms with Gasteiger partial charge in [0.1, 0.15) is 5.71 Å². The zero-order chi connectivity index (χ0) is 26.2. The highest BCUT2D eigenvalue weighted by Gasteiger charge is 2.31. The van der Waals surface area contributed by atoms with E-state index in [0.717, 1.165) is 35.7 Å². The number of hydrogen-bond donors (Lipinski definition) is 0. The van der Waals surface area contributed by atoms with E-state index >= 15 is 0 Å². The van der Waals surface area contributed by atoms with Crippen molar-refractivity contribution in [3.8, 4) is 0 Å². The number of benzene rings is 1. The lowest BCUT2D eigenvalue weighted by Crippen LogP contribution is -2.54. The summed E-state index contributed by atoms with van der Waals surface area (Å²) in [5.74, 6) is 0. The van der Waals surface area contributed by atoms with E-state index in [1.807, 2.05) is 44.2 Å². The van der Waals surface area contributed by atoms with Crippen LogP contribution in [0.4, 0.5) is 14.5 Å². The molecular weight excluding hydrogens is 478 g/mol. The van der Waals surface area contributed by atoms with E-state index in [1.165, 1.54) is 0 Å². The van der Waals surface area contributed by atoms with Crippen LogP contribution in [0.2, 0.25) is 0 Å². The topological polar surface area (TPSA) is 47.3 Å². The molecule has 36 heavy (non-hydrogen) atoms. The number of allylic oxidation sites excluding steroid dienone is 1. The molecule has 0 aliphatic carbocycles. The van der Waals surface area contributed by atoms with Crippen LogP contribution in [0.25, 0.3) is 0 Å². The number of hydrogen-bond acceptors (Lipinski definition) is 7. The van der Waals surface area contributed by atoms with Crippen molar-refractivity contribution in [1.29, 1.82) is 0 Å². The minimum Gasteiger partial charge on any atom is -0.368 e. The Hall–Kier alpha value is -2.78. The summed E-state index contributed by atoms with van der Waals surface area (Å²) < 4.78 is 30.4. The fourth-order valence-corrected chi connectivity index (χ4v) is 5.73. The second-order valence-corrected chi connectivity index (χ2v) is 9.92. The first-order chi connectivity index (χ1) is 17.3. The van der Waals surface area contributed by atoms with Gasteiger partial charge in [0.05, 0.1) is 18.0 Å². The minimum atomic E-state index is -2.58. The number of alkyl halides is 2. The molecule has 0 radical (unpaired) electrons. The Bertz CT molecular complexity index is 1050. The minimum absolute atomic E-state index is 0.0667. The second kappa shape index (κ2) is 13.0. The molecule has 0 saturated carbocycles. The summed E-state index contributed by atoms with van der Waals surface area (Å²) in [5.41, 5.74) is 4.14. The Morgan fingerprint density at radius 1 is 1.08 bits per heavy atom. The Morgan fingerprint density at radius 3 is 2.28 bits per heavy atom. The third kappa shape index (κ3) is 6.91. The summed E-state index contributed by atoms with van der Waals surface area (Å²) in [6.07, 6.45) is -0.813. The van der Waals surface area contributed by atoms with Gasteiger partial charge >= 0.3 is 0 Å². The number of piperazine rings is 1. The van der Waals surface area contributed by atoms with Crippen LogP contribution in [-0.2, 0) is 6.54 Å². The van der Waals surface area contributed by atoms with Gasteiger partial charge in [-0.25, -0.2) is 13.1 Å². The maximum atomic E-state index is 12.9. The van der Waals surface area contributed by atoms with Gasteiger partial charge in [0.2, 0.25) is 0 Å². The Labute approximate surface area is 218 Å². The molecule has 4 rings (SSSR count). The SMILES string of the molecule is C=C(C)N1C(C)CN(SN(Cc2ccc(C3=NN=C(C(F)F)C3)cn2)c2ccccc2)CC1C.CC. The fourth-order valence-electron chi connectivity index (χ4n) is 4.48. The molecule has 0 spiro atoms. The van der Waals surface area contributed by atoms with Gasteiger partial charge in [-0.2, -0.15) is 10.2 Å². The van der Waals surface area contributed by atoms with Gasteiger partial charge in [-0.3, -0.25) is 9.29 Å². The van der Waals surface area contributed by atoms with Gasteiger partial charge in [-0.15, -0.1) is 0 Å². The first-order valence-corrected chi connectivity index (χ1v) is 13.1. The van der Waals surface area contributed by atoms with Crippen LogP contribution >= 0.6 is 12.1 Å². The lowest BCUT2D eigenvalue weighted by Gasteiger charge is -2.46. The summed E-state index contributed by atoms with van der Waals surface area (Å²) in [7, 11) is 0. The predicted molar refractivity (Wildman–Crippen MR) is 148 cm³/mol. The number of aromatic nitrogens is 1. The molecule has 0 amide bonds. The number of halogens is 2. The summed E-state index contributed by atoms with van der Waals surface area (Å²) >= 11 is 1.71. The molecule has 1 saturated heterocycles. The van der Waals surface area contributed by atoms with E-state index < -0.39 is 6.43 Å². The van der Waals surface area contributed by atoms with Gasteiger partial charge in [-0.1, -0.05) is 38.6 Å². The first kappa shape index (κ1) is 27.8. The van der Waals surface area contributed by atoms with Gasteiger partial charge in [-0.05, 0) is 45.0 Å². The Balaban J connectivity index is 0.00000176. The molecule has 9 heteroatoms. The average molecular weight is 515 g/mol. The highest BCUT2D eigenvalue weighted by atomic mass is 32.2. The molecule has 2 atom stereocenters. The van der Waals surface area contributed by atoms with E-state index in [-0.39, 0.29) is 12.1 Å². The van der Waals surface area contributed by atoms with Crippen molar-refractivity contribution in [3.63, 3.8) is 0 Å². The van der Waals surface area contributed by atoms with Crippen molar-refractivity contribution in [2.75, 3.05) is 17.4 Å². The summed E-state index contributed by atoms with van der Waals surface area (Å²) in [6, 6.07) is 14.8. The maximum Gasteiger partial charge on any atom is 0.278 e. The molecule has 0 bridgehead atoms. The molecule has 1 aromatic carbocycles.